The first-order valence-electron chi connectivity index (χ1n) is 10.6. The lowest BCUT2D eigenvalue weighted by molar-refractivity contribution is -0.126. The first-order valence-corrected chi connectivity index (χ1v) is 10.6. The van der Waals surface area contributed by atoms with Gasteiger partial charge < -0.3 is 20.3 Å². The Balaban J connectivity index is 1.41. The van der Waals surface area contributed by atoms with E-state index < -0.39 is 11.6 Å². The van der Waals surface area contributed by atoms with Crippen LogP contribution in [-0.2, 0) is 9.53 Å². The number of halogens is 2. The third-order valence-corrected chi connectivity index (χ3v) is 5.34. The van der Waals surface area contributed by atoms with Crippen molar-refractivity contribution in [3.05, 3.63) is 59.9 Å². The van der Waals surface area contributed by atoms with Crippen molar-refractivity contribution in [3.63, 3.8) is 0 Å². The normalized spacial score (nSPS) is 14.6. The van der Waals surface area contributed by atoms with Gasteiger partial charge >= 0.3 is 0 Å². The predicted molar refractivity (Wildman–Crippen MR) is 121 cm³/mol. The maximum atomic E-state index is 13.5. The maximum Gasteiger partial charge on any atom is 0.246 e. The molecule has 1 amide bonds. The third kappa shape index (κ3) is 5.46. The highest BCUT2D eigenvalue weighted by atomic mass is 19.1. The quantitative estimate of drug-likeness (QED) is 0.542. The molecule has 0 aliphatic carbocycles. The molecule has 2 N–H and O–H groups in total. The lowest BCUT2D eigenvalue weighted by atomic mass is 9.97. The van der Waals surface area contributed by atoms with Gasteiger partial charge in [-0.15, -0.1) is 5.10 Å². The Morgan fingerprint density at radius 3 is 2.58 bits per heavy atom. The van der Waals surface area contributed by atoms with Gasteiger partial charge in [0.1, 0.15) is 18.0 Å². The number of nitrogens with one attached hydrogen (secondary N) is 2. The number of methoxy groups -OCH3 is 1. The number of rotatable bonds is 8. The molecular weight excluding hydrogens is 430 g/mol. The number of hydrogen-bond donors (Lipinski definition) is 2. The summed E-state index contributed by atoms with van der Waals surface area (Å²) in [6.07, 6.45) is 1.39. The van der Waals surface area contributed by atoms with E-state index in [1.54, 1.807) is 7.11 Å². The van der Waals surface area contributed by atoms with Crippen LogP contribution in [0.2, 0.25) is 0 Å². The molecule has 0 saturated carbocycles. The number of carbonyl (C=O) groups excluding carboxylic acids is 1. The standard InChI is InChI=1S/C23H26F2N6O2/c1-14-4-19(28-23-26-13-31(29-23)21-7-17(24)6-18(25)8-21)9-20(5-14)30-10-16(11-30)22(32)27-15(2)12-33-3/h4-9,13,15-16H,10-12H2,1-3H3,(H,27,32)(H,28,29). The predicted octanol–water partition coefficient (Wildman–Crippen LogP) is 3.18. The Bertz CT molecular complexity index is 1130. The van der Waals surface area contributed by atoms with Gasteiger partial charge in [0.05, 0.1) is 18.2 Å². The summed E-state index contributed by atoms with van der Waals surface area (Å²) >= 11 is 0. The van der Waals surface area contributed by atoms with Gasteiger partial charge in [0, 0.05) is 43.7 Å². The second-order valence-electron chi connectivity index (χ2n) is 8.29. The van der Waals surface area contributed by atoms with E-state index in [0.717, 1.165) is 23.0 Å². The highest BCUT2D eigenvalue weighted by Gasteiger charge is 2.33. The highest BCUT2D eigenvalue weighted by molar-refractivity contribution is 5.82. The lowest BCUT2D eigenvalue weighted by Crippen LogP contribution is -2.55. The Morgan fingerprint density at radius 2 is 1.88 bits per heavy atom. The molecule has 1 saturated heterocycles. The van der Waals surface area contributed by atoms with Crippen LogP contribution in [0.1, 0.15) is 12.5 Å². The molecular formula is C23H26F2N6O2. The zero-order valence-electron chi connectivity index (χ0n) is 18.7. The van der Waals surface area contributed by atoms with Crippen LogP contribution in [0.25, 0.3) is 5.69 Å². The maximum absolute atomic E-state index is 13.5. The van der Waals surface area contributed by atoms with Crippen molar-refractivity contribution in [3.8, 4) is 5.69 Å². The molecule has 174 valence electrons. The van der Waals surface area contributed by atoms with E-state index in [1.807, 2.05) is 26.0 Å². The van der Waals surface area contributed by atoms with Gasteiger partial charge in [-0.3, -0.25) is 4.79 Å². The molecule has 3 aromatic rings. The molecule has 8 nitrogen and oxygen atoms in total. The van der Waals surface area contributed by atoms with Gasteiger partial charge in [0.2, 0.25) is 11.9 Å². The molecule has 0 bridgehead atoms. The van der Waals surface area contributed by atoms with Crippen LogP contribution in [0, 0.1) is 24.5 Å². The molecule has 2 heterocycles. The Morgan fingerprint density at radius 1 is 1.15 bits per heavy atom. The minimum Gasteiger partial charge on any atom is -0.383 e. The minimum atomic E-state index is -0.687. The highest BCUT2D eigenvalue weighted by Crippen LogP contribution is 2.29. The summed E-state index contributed by atoms with van der Waals surface area (Å²) in [6, 6.07) is 9.09. The summed E-state index contributed by atoms with van der Waals surface area (Å²) in [5, 5.41) is 10.4. The van der Waals surface area contributed by atoms with Crippen LogP contribution in [-0.4, -0.2) is 53.5 Å². The summed E-state index contributed by atoms with van der Waals surface area (Å²) < 4.78 is 33.3. The topological polar surface area (TPSA) is 84.3 Å². The van der Waals surface area contributed by atoms with E-state index in [9.17, 15) is 13.6 Å². The number of aryl methyl sites for hydroxylation is 1. The molecule has 0 spiro atoms. The van der Waals surface area contributed by atoms with Crippen molar-refractivity contribution in [2.45, 2.75) is 19.9 Å². The average molecular weight is 456 g/mol. The fourth-order valence-corrected chi connectivity index (χ4v) is 3.77. The van der Waals surface area contributed by atoms with E-state index >= 15 is 0 Å². The van der Waals surface area contributed by atoms with Gasteiger partial charge in [-0.2, -0.15) is 4.98 Å². The number of ether oxygens (including phenoxy) is 1. The number of hydrogen-bond acceptors (Lipinski definition) is 6. The summed E-state index contributed by atoms with van der Waals surface area (Å²) in [5.74, 6) is -1.11. The molecule has 1 fully saturated rings. The van der Waals surface area contributed by atoms with Crippen LogP contribution in [0.15, 0.2) is 42.7 Å². The van der Waals surface area contributed by atoms with Crippen LogP contribution in [0.5, 0.6) is 0 Å². The zero-order valence-corrected chi connectivity index (χ0v) is 18.7. The zero-order chi connectivity index (χ0) is 23.5. The van der Waals surface area contributed by atoms with Crippen LogP contribution in [0.4, 0.5) is 26.1 Å². The number of amides is 1. The second kappa shape index (κ2) is 9.53. The van der Waals surface area contributed by atoms with E-state index in [4.69, 9.17) is 4.74 Å². The van der Waals surface area contributed by atoms with Gasteiger partial charge in [-0.25, -0.2) is 13.5 Å². The minimum absolute atomic E-state index is 0.0255. The number of benzene rings is 2. The monoisotopic (exact) mass is 456 g/mol. The summed E-state index contributed by atoms with van der Waals surface area (Å²) in [6.45, 7) is 5.63. The number of anilines is 3. The Kier molecular flexibility index (Phi) is 6.55. The van der Waals surface area contributed by atoms with E-state index in [0.29, 0.717) is 25.6 Å². The molecule has 2 aromatic carbocycles. The van der Waals surface area contributed by atoms with Crippen molar-refractivity contribution >= 4 is 23.2 Å². The number of aromatic nitrogens is 3. The molecule has 4 rings (SSSR count). The molecule has 1 unspecified atom stereocenters. The fourth-order valence-electron chi connectivity index (χ4n) is 3.77. The number of nitrogens with zero attached hydrogens (tertiary/aromatic N) is 4. The Hall–Kier alpha value is -3.53. The first kappa shape index (κ1) is 22.7. The number of carbonyl (C=O) groups is 1. The second-order valence-corrected chi connectivity index (χ2v) is 8.29. The Labute approximate surface area is 190 Å². The van der Waals surface area contributed by atoms with Crippen molar-refractivity contribution in [1.82, 2.24) is 20.1 Å². The van der Waals surface area contributed by atoms with Crippen molar-refractivity contribution in [2.24, 2.45) is 5.92 Å². The van der Waals surface area contributed by atoms with Gasteiger partial charge in [-0.1, -0.05) is 0 Å². The smallest absolute Gasteiger partial charge is 0.246 e. The average Bonchev–Trinajstić information content (AvgIpc) is 3.14. The largest absolute Gasteiger partial charge is 0.383 e. The van der Waals surface area contributed by atoms with Crippen molar-refractivity contribution in [1.29, 1.82) is 0 Å². The molecule has 1 aliphatic heterocycles. The van der Waals surface area contributed by atoms with Crippen molar-refractivity contribution < 1.29 is 18.3 Å². The van der Waals surface area contributed by atoms with Gasteiger partial charge in [0.25, 0.3) is 0 Å². The van der Waals surface area contributed by atoms with Gasteiger partial charge in [0.15, 0.2) is 0 Å². The van der Waals surface area contributed by atoms with E-state index in [1.165, 1.54) is 23.1 Å². The SMILES string of the molecule is COCC(C)NC(=O)C1CN(c2cc(C)cc(Nc3ncn(-c4cc(F)cc(F)c4)n3)c2)C1. The van der Waals surface area contributed by atoms with E-state index in [2.05, 4.69) is 31.7 Å². The molecule has 1 aliphatic rings. The fraction of sp³-hybridized carbons (Fsp3) is 0.348. The summed E-state index contributed by atoms with van der Waals surface area (Å²) in [5.41, 5.74) is 3.03. The summed E-state index contributed by atoms with van der Waals surface area (Å²) in [4.78, 5) is 18.7. The van der Waals surface area contributed by atoms with Crippen LogP contribution in [0.3, 0.4) is 0 Å². The molecule has 1 atom stereocenters. The van der Waals surface area contributed by atoms with Crippen molar-refractivity contribution in [2.75, 3.05) is 37.0 Å². The molecule has 0 radical (unpaired) electrons. The molecule has 33 heavy (non-hydrogen) atoms. The lowest BCUT2D eigenvalue weighted by Gasteiger charge is -2.40. The third-order valence-electron chi connectivity index (χ3n) is 5.34. The first-order chi connectivity index (χ1) is 15.8. The van der Waals surface area contributed by atoms with Gasteiger partial charge in [-0.05, 0) is 49.7 Å². The molecule has 1 aromatic heterocycles. The van der Waals surface area contributed by atoms with Crippen LogP contribution >= 0.6 is 0 Å². The summed E-state index contributed by atoms with van der Waals surface area (Å²) in [7, 11) is 1.61. The van der Waals surface area contributed by atoms with Crippen LogP contribution < -0.4 is 15.5 Å². The molecule has 10 heteroatoms. The van der Waals surface area contributed by atoms with E-state index in [-0.39, 0.29) is 23.6 Å².